The van der Waals surface area contributed by atoms with Crippen LogP contribution in [0.1, 0.15) is 0 Å². The Morgan fingerprint density at radius 3 is 0.750 bits per heavy atom. The molecule has 1 fully saturated rings. The summed E-state index contributed by atoms with van der Waals surface area (Å²) in [7, 11) is 9.59. The molecule has 0 amide bonds. The predicted molar refractivity (Wildman–Crippen MR) is 106 cm³/mol. The number of nitrogens with one attached hydrogen (secondary N) is 5. The van der Waals surface area contributed by atoms with Gasteiger partial charge in [0, 0.05) is 62.9 Å². The van der Waals surface area contributed by atoms with Crippen molar-refractivity contribution in [3.8, 4) is 0 Å². The van der Waals surface area contributed by atoms with Crippen LogP contribution in [0.25, 0.3) is 0 Å². The molecule has 0 spiro atoms. The fraction of sp³-hybridized carbons (Fsp3) is 1.00. The van der Waals surface area contributed by atoms with Crippen LogP contribution in [0, 0.1) is 0 Å². The summed E-state index contributed by atoms with van der Waals surface area (Å²) in [6.07, 6.45) is 0. The van der Waals surface area contributed by atoms with Crippen LogP contribution in [0.2, 0.25) is 0 Å². The van der Waals surface area contributed by atoms with Crippen molar-refractivity contribution < 1.29 is 38.7 Å². The molecular formula is C15H35Cl2MnN5O5. The van der Waals surface area contributed by atoms with E-state index in [-0.39, 0.29) is 76.4 Å². The molecule has 0 radical (unpaired) electrons. The van der Waals surface area contributed by atoms with Crippen LogP contribution < -0.4 is 26.6 Å². The normalized spacial score (nSPS) is 31.2. The van der Waals surface area contributed by atoms with Gasteiger partial charge in [-0.05, 0) is 0 Å². The van der Waals surface area contributed by atoms with Crippen molar-refractivity contribution >= 4 is 20.2 Å². The van der Waals surface area contributed by atoms with Crippen LogP contribution >= 0.6 is 20.2 Å². The second kappa shape index (κ2) is 19.7. The van der Waals surface area contributed by atoms with Crippen LogP contribution in [-0.4, -0.2) is 122 Å². The van der Waals surface area contributed by atoms with Gasteiger partial charge in [-0.15, -0.1) is 0 Å². The van der Waals surface area contributed by atoms with E-state index in [0.717, 1.165) is 0 Å². The molecule has 10 nitrogen and oxygen atoms in total. The quantitative estimate of drug-likeness (QED) is 0.172. The summed E-state index contributed by atoms with van der Waals surface area (Å²) in [6, 6.07) is -1.06. The SMILES string of the molecule is OC[C@@H]1CN[C@@H](CO)CN[C@@H](CO)CN[C@H](CO)CN[C@@H](CO)CN1.[Cl][Mn][Cl]. The fourth-order valence-corrected chi connectivity index (χ4v) is 2.55. The Hall–Kier alpha value is 0.699. The Kier molecular flexibility index (Phi) is 20.1. The first-order valence-electron chi connectivity index (χ1n) is 9.16. The van der Waals surface area contributed by atoms with E-state index in [2.05, 4.69) is 26.6 Å². The molecule has 5 atom stereocenters. The Labute approximate surface area is 181 Å². The van der Waals surface area contributed by atoms with Gasteiger partial charge in [-0.25, -0.2) is 0 Å². The van der Waals surface area contributed by atoms with Crippen molar-refractivity contribution in [2.45, 2.75) is 30.2 Å². The molecule has 1 rings (SSSR count). The van der Waals surface area contributed by atoms with Gasteiger partial charge in [0.05, 0.1) is 33.0 Å². The van der Waals surface area contributed by atoms with Crippen molar-refractivity contribution in [1.82, 2.24) is 26.6 Å². The van der Waals surface area contributed by atoms with E-state index in [4.69, 9.17) is 20.2 Å². The van der Waals surface area contributed by atoms with Gasteiger partial charge in [-0.1, -0.05) is 0 Å². The molecule has 10 N–H and O–H groups in total. The molecule has 1 aliphatic rings. The van der Waals surface area contributed by atoms with E-state index in [1.165, 1.54) is 0 Å². The molecule has 0 aromatic heterocycles. The molecule has 1 saturated heterocycles. The van der Waals surface area contributed by atoms with E-state index in [1.54, 1.807) is 0 Å². The maximum absolute atomic E-state index is 9.48. The number of hydrogen-bond acceptors (Lipinski definition) is 10. The van der Waals surface area contributed by atoms with Gasteiger partial charge in [-0.3, -0.25) is 0 Å². The third-order valence-corrected chi connectivity index (χ3v) is 4.37. The third kappa shape index (κ3) is 13.8. The zero-order chi connectivity index (χ0) is 21.2. The minimum absolute atomic E-state index is 0.00694. The van der Waals surface area contributed by atoms with Crippen LogP contribution in [0.4, 0.5) is 0 Å². The summed E-state index contributed by atoms with van der Waals surface area (Å²) >= 11 is 0.00694. The van der Waals surface area contributed by atoms with Gasteiger partial charge in [-0.2, -0.15) is 0 Å². The Balaban J connectivity index is 0.00000227. The van der Waals surface area contributed by atoms with Gasteiger partial charge in [0.1, 0.15) is 0 Å². The number of aliphatic hydroxyl groups excluding tert-OH is 5. The third-order valence-electron chi connectivity index (χ3n) is 4.37. The molecule has 28 heavy (non-hydrogen) atoms. The van der Waals surface area contributed by atoms with Gasteiger partial charge in [0.2, 0.25) is 0 Å². The Bertz CT molecular complexity index is 268. The molecule has 0 unspecified atom stereocenters. The van der Waals surface area contributed by atoms with Crippen LogP contribution in [0.5, 0.6) is 0 Å². The molecule has 1 heterocycles. The molecule has 0 aromatic rings. The van der Waals surface area contributed by atoms with E-state index < -0.39 is 0 Å². The standard InChI is InChI=1S/C15H35N5O5.2ClH.Mn/c21-6-11-1-16-12(7-22)2-18-14(9-24)4-20-15(10-25)5-19-13(8-23)3-17-11;;;/h11-25H,1-10H2;2*1H;/q;;;+2/p-2/t11-,12-,13+,14+,15-;;;/m1.../s1. The molecule has 0 aliphatic carbocycles. The Morgan fingerprint density at radius 2 is 0.643 bits per heavy atom. The molecule has 13 heteroatoms. The summed E-state index contributed by atoms with van der Waals surface area (Å²) in [6.45, 7) is 1.94. The van der Waals surface area contributed by atoms with E-state index in [9.17, 15) is 25.5 Å². The first-order chi connectivity index (χ1) is 13.6. The van der Waals surface area contributed by atoms with E-state index in [0.29, 0.717) is 32.7 Å². The van der Waals surface area contributed by atoms with Crippen LogP contribution in [0.15, 0.2) is 0 Å². The molecular weight excluding hydrogens is 456 g/mol. The van der Waals surface area contributed by atoms with Crippen LogP contribution in [-0.2, 0) is 13.1 Å². The van der Waals surface area contributed by atoms with Crippen molar-refractivity contribution in [2.24, 2.45) is 0 Å². The summed E-state index contributed by atoms with van der Waals surface area (Å²) in [5, 5.41) is 63.3. The zero-order valence-corrected chi connectivity index (χ0v) is 18.5. The molecule has 0 aromatic carbocycles. The molecule has 0 saturated carbocycles. The van der Waals surface area contributed by atoms with E-state index in [1.807, 2.05) is 0 Å². The summed E-state index contributed by atoms with van der Waals surface area (Å²) in [5.41, 5.74) is 0. The number of hydrogen-bond donors (Lipinski definition) is 10. The van der Waals surface area contributed by atoms with Crippen molar-refractivity contribution in [2.75, 3.05) is 65.8 Å². The molecule has 1 aliphatic heterocycles. The van der Waals surface area contributed by atoms with Crippen LogP contribution in [0.3, 0.4) is 0 Å². The summed E-state index contributed by atoms with van der Waals surface area (Å²) < 4.78 is 0. The second-order valence-corrected chi connectivity index (χ2v) is 8.44. The molecule has 0 bridgehead atoms. The topological polar surface area (TPSA) is 161 Å². The van der Waals surface area contributed by atoms with E-state index >= 15 is 0 Å². The Morgan fingerprint density at radius 1 is 0.500 bits per heavy atom. The van der Waals surface area contributed by atoms with Crippen molar-refractivity contribution in [1.29, 1.82) is 0 Å². The monoisotopic (exact) mass is 490 g/mol. The average Bonchev–Trinajstić information content (AvgIpc) is 2.72. The zero-order valence-electron chi connectivity index (χ0n) is 15.8. The van der Waals surface area contributed by atoms with Crippen molar-refractivity contribution in [3.63, 3.8) is 0 Å². The first-order valence-corrected chi connectivity index (χ1v) is 12.4. The van der Waals surface area contributed by atoms with Gasteiger partial charge >= 0.3 is 33.3 Å². The minimum atomic E-state index is -0.213. The number of rotatable bonds is 5. The number of halogens is 2. The molecule has 171 valence electrons. The number of aliphatic hydroxyl groups is 5. The first kappa shape index (κ1) is 28.7. The van der Waals surface area contributed by atoms with Gasteiger partial charge in [0.15, 0.2) is 0 Å². The van der Waals surface area contributed by atoms with Gasteiger partial charge in [0.25, 0.3) is 0 Å². The maximum atomic E-state index is 9.48. The summed E-state index contributed by atoms with van der Waals surface area (Å²) in [5.74, 6) is 0. The van der Waals surface area contributed by atoms with Crippen molar-refractivity contribution in [3.05, 3.63) is 0 Å². The fourth-order valence-electron chi connectivity index (χ4n) is 2.55. The average molecular weight is 491 g/mol. The predicted octanol–water partition coefficient (Wildman–Crippen LogP) is -3.87. The summed E-state index contributed by atoms with van der Waals surface area (Å²) in [4.78, 5) is 0. The second-order valence-electron chi connectivity index (χ2n) is 6.49. The van der Waals surface area contributed by atoms with Gasteiger partial charge < -0.3 is 52.1 Å².